The van der Waals surface area contributed by atoms with Crippen LogP contribution in [0.5, 0.6) is 5.75 Å². The van der Waals surface area contributed by atoms with E-state index in [1.165, 1.54) is 58.9 Å². The molecule has 33 heavy (non-hydrogen) atoms. The highest BCUT2D eigenvalue weighted by atomic mass is 32.2. The molecule has 0 unspecified atom stereocenters. The number of phenols is 1. The maximum absolute atomic E-state index is 12.7. The number of hydrogen-bond acceptors (Lipinski definition) is 11. The number of nitrogens with one attached hydrogen (secondary N) is 2. The number of aliphatic carboxylic acids is 1. The van der Waals surface area contributed by atoms with Crippen molar-refractivity contribution < 1.29 is 35.1 Å². The molecule has 2 aliphatic heterocycles. The molecule has 3 heterocycles. The van der Waals surface area contributed by atoms with E-state index in [1.54, 1.807) is 0 Å². The van der Waals surface area contributed by atoms with Crippen molar-refractivity contribution in [2.45, 2.75) is 22.5 Å². The minimum Gasteiger partial charge on any atom is -0.508 e. The highest BCUT2D eigenvalue weighted by molar-refractivity contribution is 8.01. The topological polar surface area (TPSA) is 215 Å². The normalized spacial score (nSPS) is 20.2. The molecule has 0 radical (unpaired) electrons. The molecule has 0 aliphatic carbocycles. The molecule has 13 nitrogen and oxygen atoms in total. The average Bonchev–Trinajstić information content (AvgIpc) is 3.35. The second-order valence-electron chi connectivity index (χ2n) is 6.82. The number of rotatable bonds is 7. The Morgan fingerprint density at radius 2 is 2.03 bits per heavy atom. The number of aromatic amines is 1. The van der Waals surface area contributed by atoms with Crippen molar-refractivity contribution in [3.05, 3.63) is 47.3 Å². The van der Waals surface area contributed by atoms with Gasteiger partial charge in [0.15, 0.2) is 0 Å². The maximum Gasteiger partial charge on any atom is 0.352 e. The summed E-state index contributed by atoms with van der Waals surface area (Å²) in [4.78, 5) is 38.4. The third kappa shape index (κ3) is 5.12. The van der Waals surface area contributed by atoms with E-state index in [-0.39, 0.29) is 11.4 Å². The van der Waals surface area contributed by atoms with Gasteiger partial charge in [-0.15, -0.1) is 16.9 Å². The summed E-state index contributed by atoms with van der Waals surface area (Å²) >= 11 is 2.70. The van der Waals surface area contributed by atoms with Gasteiger partial charge in [-0.25, -0.2) is 4.79 Å². The van der Waals surface area contributed by atoms with Crippen molar-refractivity contribution >= 4 is 41.3 Å². The van der Waals surface area contributed by atoms with Gasteiger partial charge in [-0.05, 0) is 23.3 Å². The van der Waals surface area contributed by atoms with Crippen molar-refractivity contribution in [3.8, 4) is 5.75 Å². The van der Waals surface area contributed by atoms with Gasteiger partial charge in [-0.3, -0.25) is 25.0 Å². The van der Waals surface area contributed by atoms with Crippen molar-refractivity contribution in [1.82, 2.24) is 25.6 Å². The number of hydrogen-bond donors (Lipinski definition) is 7. The van der Waals surface area contributed by atoms with Crippen LogP contribution in [0.1, 0.15) is 11.6 Å². The number of fused-ring (bicyclic) bond motifs is 1. The fourth-order valence-electron chi connectivity index (χ4n) is 3.29. The molecular weight excluding hydrogens is 476 g/mol. The van der Waals surface area contributed by atoms with Crippen molar-refractivity contribution in [3.63, 3.8) is 0 Å². The summed E-state index contributed by atoms with van der Waals surface area (Å²) in [5.41, 5.74) is 6.99. The first kappa shape index (κ1) is 24.5. The van der Waals surface area contributed by atoms with E-state index < -0.39 is 35.2 Å². The average molecular weight is 497 g/mol. The third-order valence-electron chi connectivity index (χ3n) is 4.87. The van der Waals surface area contributed by atoms with Crippen molar-refractivity contribution in [2.24, 2.45) is 5.73 Å². The molecule has 176 valence electrons. The molecule has 8 N–H and O–H groups in total. The van der Waals surface area contributed by atoms with Crippen LogP contribution >= 0.6 is 23.5 Å². The number of benzene rings is 1. The molecule has 1 aromatic heterocycles. The second-order valence-corrected chi connectivity index (χ2v) is 8.92. The zero-order chi connectivity index (χ0) is 24.1. The van der Waals surface area contributed by atoms with E-state index in [0.717, 1.165) is 0 Å². The maximum atomic E-state index is 12.7. The number of carbonyl (C=O) groups is 3. The van der Waals surface area contributed by atoms with E-state index in [0.29, 0.717) is 27.7 Å². The van der Waals surface area contributed by atoms with Crippen LogP contribution in [0.25, 0.3) is 0 Å². The van der Waals surface area contributed by atoms with Gasteiger partial charge < -0.3 is 21.3 Å². The molecule has 2 amide bonds. The number of aromatic nitrogens is 3. The lowest BCUT2D eigenvalue weighted by Crippen LogP contribution is -2.71. The summed E-state index contributed by atoms with van der Waals surface area (Å²) in [5.74, 6) is -1.45. The third-order valence-corrected chi connectivity index (χ3v) is 7.19. The Morgan fingerprint density at radius 3 is 2.64 bits per heavy atom. The molecule has 15 heteroatoms. The van der Waals surface area contributed by atoms with Gasteiger partial charge >= 0.3 is 5.97 Å². The number of carboxylic acids is 1. The number of carbonyl (C=O) groups excluding carboxylic acids is 2. The number of thioether (sulfide) groups is 2. The summed E-state index contributed by atoms with van der Waals surface area (Å²) < 4.78 is 0. The van der Waals surface area contributed by atoms with Crippen molar-refractivity contribution in [1.29, 1.82) is 0 Å². The zero-order valence-electron chi connectivity index (χ0n) is 16.8. The van der Waals surface area contributed by atoms with E-state index in [4.69, 9.17) is 16.2 Å². The molecule has 1 fully saturated rings. The molecular formula is C18H20N6O7S2. The lowest BCUT2D eigenvalue weighted by Gasteiger charge is -2.49. The van der Waals surface area contributed by atoms with Crippen LogP contribution in [0.15, 0.2) is 46.8 Å². The summed E-state index contributed by atoms with van der Waals surface area (Å²) in [7, 11) is 0. The number of H-pyrrole nitrogens is 1. The van der Waals surface area contributed by atoms with Gasteiger partial charge in [0, 0.05) is 11.5 Å². The summed E-state index contributed by atoms with van der Waals surface area (Å²) in [6.07, 6.45) is 1.53. The highest BCUT2D eigenvalue weighted by Gasteiger charge is 2.54. The fourth-order valence-corrected chi connectivity index (χ4v) is 5.56. The first-order chi connectivity index (χ1) is 15.9. The second kappa shape index (κ2) is 10.7. The quantitative estimate of drug-likeness (QED) is 0.117. The number of amides is 2. The standard InChI is InChI=1S/C18H18N6O5S2.H2O2/c19-12(8-1-3-10(25)4-2-8)15(26)21-13-16(27)24-14(18(28)29)9(7-31-17(13)24)6-30-11-5-20-23-22-11;1-2/h1-5,12-13,17,25H,6-7,19H2,(H,21,26)(H,28,29)(H,20,22,23);1-2H/t12-,13-,17-;/m1./s1. The Bertz CT molecular complexity index is 1050. The van der Waals surface area contributed by atoms with Crippen LogP contribution in [-0.4, -0.2) is 81.7 Å². The van der Waals surface area contributed by atoms with Gasteiger partial charge in [0.1, 0.15) is 33.9 Å². The lowest BCUT2D eigenvalue weighted by atomic mass is 10.0. The van der Waals surface area contributed by atoms with E-state index >= 15 is 0 Å². The Kier molecular flexibility index (Phi) is 7.93. The molecule has 0 bridgehead atoms. The minimum absolute atomic E-state index is 0.0466. The first-order valence-electron chi connectivity index (χ1n) is 9.30. The molecule has 1 saturated heterocycles. The fraction of sp³-hybridized carbons (Fsp3) is 0.278. The van der Waals surface area contributed by atoms with Gasteiger partial charge in [-0.1, -0.05) is 23.9 Å². The predicted molar refractivity (Wildman–Crippen MR) is 117 cm³/mol. The Labute approximate surface area is 195 Å². The van der Waals surface area contributed by atoms with Crippen LogP contribution in [0.2, 0.25) is 0 Å². The molecule has 2 aliphatic rings. The SMILES string of the molecule is N[C@@H](C(=O)N[C@@H]1C(=O)N2C(C(=O)O)=C(CSc3cn[nH]n3)CS[C@H]12)c1ccc(O)cc1.OO. The number of carboxylic acid groups (broad SMARTS) is 1. The zero-order valence-corrected chi connectivity index (χ0v) is 18.4. The number of nitrogens with zero attached hydrogens (tertiary/aromatic N) is 3. The summed E-state index contributed by atoms with van der Waals surface area (Å²) in [5, 5.41) is 43.9. The van der Waals surface area contributed by atoms with Crippen LogP contribution < -0.4 is 11.1 Å². The molecule has 4 rings (SSSR count). The van der Waals surface area contributed by atoms with Gasteiger partial charge in [0.2, 0.25) is 5.91 Å². The number of phenolic OH excluding ortho intramolecular Hbond substituents is 1. The number of β-lactam (4-membered cyclic amide) rings is 1. The van der Waals surface area contributed by atoms with Gasteiger partial charge in [-0.2, -0.15) is 10.3 Å². The summed E-state index contributed by atoms with van der Waals surface area (Å²) in [6, 6.07) is 3.98. The van der Waals surface area contributed by atoms with Crippen LogP contribution in [-0.2, 0) is 14.4 Å². The molecule has 0 saturated carbocycles. The highest BCUT2D eigenvalue weighted by Crippen LogP contribution is 2.41. The van der Waals surface area contributed by atoms with E-state index in [2.05, 4.69) is 20.7 Å². The number of aromatic hydroxyl groups is 1. The van der Waals surface area contributed by atoms with Gasteiger partial charge in [0.05, 0.1) is 6.20 Å². The molecule has 0 spiro atoms. The Morgan fingerprint density at radius 1 is 1.33 bits per heavy atom. The lowest BCUT2D eigenvalue weighted by molar-refractivity contribution is -0.176. The van der Waals surface area contributed by atoms with Crippen LogP contribution in [0.4, 0.5) is 0 Å². The van der Waals surface area contributed by atoms with Crippen molar-refractivity contribution in [2.75, 3.05) is 11.5 Å². The minimum atomic E-state index is -1.19. The van der Waals surface area contributed by atoms with Crippen LogP contribution in [0, 0.1) is 0 Å². The molecule has 1 aromatic carbocycles. The first-order valence-corrected chi connectivity index (χ1v) is 11.3. The Balaban J connectivity index is 0.00000149. The molecule has 3 atom stereocenters. The van der Waals surface area contributed by atoms with Gasteiger partial charge in [0.25, 0.3) is 5.91 Å². The predicted octanol–water partition coefficient (Wildman–Crippen LogP) is 0.0584. The number of nitrogens with two attached hydrogens (primary N) is 1. The van der Waals surface area contributed by atoms with Crippen LogP contribution in [0.3, 0.4) is 0 Å². The monoisotopic (exact) mass is 496 g/mol. The van der Waals surface area contributed by atoms with E-state index in [9.17, 15) is 24.6 Å². The van der Waals surface area contributed by atoms with E-state index in [1.807, 2.05) is 0 Å². The molecule has 2 aromatic rings. The summed E-state index contributed by atoms with van der Waals surface area (Å²) in [6.45, 7) is 0. The Hall–Kier alpha value is -3.11. The largest absolute Gasteiger partial charge is 0.508 e. The smallest absolute Gasteiger partial charge is 0.352 e.